The number of likely N-dealkylation sites (N-methyl/N-ethyl adjacent to an activating group) is 1. The van der Waals surface area contributed by atoms with Crippen LogP contribution in [0.25, 0.3) is 0 Å². The van der Waals surface area contributed by atoms with E-state index in [4.69, 9.17) is 14.9 Å². The number of carbonyl (C=O) groups excluding carboxylic acids is 1. The third kappa shape index (κ3) is 5.41. The summed E-state index contributed by atoms with van der Waals surface area (Å²) >= 11 is 0. The Morgan fingerprint density at radius 2 is 2.26 bits per heavy atom. The van der Waals surface area contributed by atoms with E-state index >= 15 is 0 Å². The molecule has 8 heteroatoms. The van der Waals surface area contributed by atoms with Gasteiger partial charge in [-0.3, -0.25) is 4.90 Å². The van der Waals surface area contributed by atoms with Gasteiger partial charge in [-0.2, -0.15) is 0 Å². The Kier molecular flexibility index (Phi) is 6.54. The number of carboxylic acids is 1. The number of urea groups is 1. The van der Waals surface area contributed by atoms with E-state index in [9.17, 15) is 9.59 Å². The van der Waals surface area contributed by atoms with Crippen molar-refractivity contribution in [1.82, 2.24) is 15.5 Å². The summed E-state index contributed by atoms with van der Waals surface area (Å²) in [5.74, 6) is -1.27. The lowest BCUT2D eigenvalue weighted by Crippen LogP contribution is -2.52. The smallest absolute Gasteiger partial charge is 0.328 e. The van der Waals surface area contributed by atoms with Crippen LogP contribution in [0.4, 0.5) is 4.79 Å². The molecule has 1 fully saturated rings. The number of hydrogen-bond acceptors (Lipinski definition) is 5. The topological polar surface area (TPSA) is 111 Å². The molecule has 2 atom stereocenters. The van der Waals surface area contributed by atoms with Crippen LogP contribution in [-0.2, 0) is 9.53 Å². The molecule has 110 valence electrons. The Balaban J connectivity index is 2.27. The quantitative estimate of drug-likeness (QED) is 0.467. The van der Waals surface area contributed by atoms with Gasteiger partial charge in [0.1, 0.15) is 0 Å². The number of morpholine rings is 1. The molecule has 1 heterocycles. The molecule has 4 N–H and O–H groups in total. The fourth-order valence-corrected chi connectivity index (χ4v) is 1.79. The first-order valence-corrected chi connectivity index (χ1v) is 6.28. The molecule has 2 amide bonds. The van der Waals surface area contributed by atoms with Crippen LogP contribution in [0, 0.1) is 0 Å². The number of aliphatic carboxylic acids is 1. The van der Waals surface area contributed by atoms with Crippen molar-refractivity contribution in [2.45, 2.75) is 19.1 Å². The predicted molar refractivity (Wildman–Crippen MR) is 66.9 cm³/mol. The summed E-state index contributed by atoms with van der Waals surface area (Å²) in [6.07, 6.45) is -0.100. The van der Waals surface area contributed by atoms with Crippen LogP contribution in [0.5, 0.6) is 0 Å². The minimum atomic E-state index is -1.29. The molecule has 0 aromatic heterocycles. The van der Waals surface area contributed by atoms with Crippen molar-refractivity contribution in [3.05, 3.63) is 0 Å². The van der Waals surface area contributed by atoms with Crippen molar-refractivity contribution >= 4 is 12.0 Å². The van der Waals surface area contributed by atoms with Gasteiger partial charge in [-0.25, -0.2) is 9.59 Å². The second kappa shape index (κ2) is 7.93. The first-order chi connectivity index (χ1) is 9.06. The van der Waals surface area contributed by atoms with Crippen LogP contribution in [-0.4, -0.2) is 78.7 Å². The summed E-state index contributed by atoms with van der Waals surface area (Å²) in [7, 11) is 0. The minimum Gasteiger partial charge on any atom is -0.480 e. The molecule has 0 aliphatic carbocycles. The van der Waals surface area contributed by atoms with E-state index in [0.29, 0.717) is 13.2 Å². The van der Waals surface area contributed by atoms with E-state index in [1.807, 2.05) is 0 Å². The fourth-order valence-electron chi connectivity index (χ4n) is 1.79. The molecule has 1 aliphatic rings. The van der Waals surface area contributed by atoms with Gasteiger partial charge in [0.05, 0.1) is 19.3 Å². The fraction of sp³-hybridized carbons (Fsp3) is 0.818. The maximum atomic E-state index is 11.4. The largest absolute Gasteiger partial charge is 0.480 e. The molecule has 0 saturated carbocycles. The van der Waals surface area contributed by atoms with Gasteiger partial charge in [-0.1, -0.05) is 6.92 Å². The van der Waals surface area contributed by atoms with Gasteiger partial charge >= 0.3 is 12.0 Å². The first kappa shape index (κ1) is 15.7. The lowest BCUT2D eigenvalue weighted by molar-refractivity contribution is -0.140. The Morgan fingerprint density at radius 1 is 1.53 bits per heavy atom. The molecule has 0 bridgehead atoms. The van der Waals surface area contributed by atoms with Gasteiger partial charge in [0.25, 0.3) is 0 Å². The van der Waals surface area contributed by atoms with E-state index in [0.717, 1.165) is 19.6 Å². The van der Waals surface area contributed by atoms with Gasteiger partial charge in [-0.15, -0.1) is 0 Å². The molecule has 0 aromatic carbocycles. The molecule has 1 aliphatic heterocycles. The second-order valence-corrected chi connectivity index (χ2v) is 4.31. The van der Waals surface area contributed by atoms with E-state index in [2.05, 4.69) is 22.5 Å². The zero-order valence-corrected chi connectivity index (χ0v) is 11.0. The average Bonchev–Trinajstić information content (AvgIpc) is 2.42. The van der Waals surface area contributed by atoms with Crippen LogP contribution < -0.4 is 10.6 Å². The summed E-state index contributed by atoms with van der Waals surface area (Å²) in [6.45, 7) is 4.88. The van der Waals surface area contributed by atoms with Crippen molar-refractivity contribution in [2.24, 2.45) is 0 Å². The van der Waals surface area contributed by atoms with Crippen molar-refractivity contribution < 1.29 is 24.5 Å². The summed E-state index contributed by atoms with van der Waals surface area (Å²) in [5, 5.41) is 22.1. The SMILES string of the molecule is CCN1CCOC(CNC(=O)N[C@H](CO)C(=O)O)C1. The minimum absolute atomic E-state index is 0.100. The second-order valence-electron chi connectivity index (χ2n) is 4.31. The maximum absolute atomic E-state index is 11.4. The summed E-state index contributed by atoms with van der Waals surface area (Å²) in [5.41, 5.74) is 0. The number of aliphatic hydroxyl groups excluding tert-OH is 1. The van der Waals surface area contributed by atoms with E-state index in [-0.39, 0.29) is 6.10 Å². The van der Waals surface area contributed by atoms with Crippen LogP contribution in [0.3, 0.4) is 0 Å². The van der Waals surface area contributed by atoms with E-state index < -0.39 is 24.6 Å². The standard InChI is InChI=1S/C11H21N3O5/c1-2-14-3-4-19-8(6-14)5-12-11(18)13-9(7-15)10(16)17/h8-9,15H,2-7H2,1H3,(H,16,17)(H2,12,13,18)/t8?,9-/m1/s1. The number of carbonyl (C=O) groups is 2. The average molecular weight is 275 g/mol. The predicted octanol–water partition coefficient (Wildman–Crippen LogP) is -1.55. The number of amides is 2. The van der Waals surface area contributed by atoms with Gasteiger partial charge in [0.15, 0.2) is 6.04 Å². The molecule has 0 aromatic rings. The van der Waals surface area contributed by atoms with Crippen molar-refractivity contribution in [3.8, 4) is 0 Å². The highest BCUT2D eigenvalue weighted by atomic mass is 16.5. The highest BCUT2D eigenvalue weighted by Gasteiger charge is 2.22. The molecule has 0 spiro atoms. The monoisotopic (exact) mass is 275 g/mol. The third-order valence-electron chi connectivity index (χ3n) is 2.95. The molecule has 8 nitrogen and oxygen atoms in total. The van der Waals surface area contributed by atoms with Gasteiger partial charge in [-0.05, 0) is 6.54 Å². The number of rotatable bonds is 6. The normalized spacial score (nSPS) is 21.7. The molecular weight excluding hydrogens is 254 g/mol. The van der Waals surface area contributed by atoms with Crippen molar-refractivity contribution in [1.29, 1.82) is 0 Å². The summed E-state index contributed by atoms with van der Waals surface area (Å²) in [4.78, 5) is 24.3. The number of hydrogen-bond donors (Lipinski definition) is 4. The molecule has 0 radical (unpaired) electrons. The zero-order chi connectivity index (χ0) is 14.3. The summed E-state index contributed by atoms with van der Waals surface area (Å²) < 4.78 is 5.49. The number of ether oxygens (including phenoxy) is 1. The Morgan fingerprint density at radius 3 is 2.84 bits per heavy atom. The molecule has 19 heavy (non-hydrogen) atoms. The number of nitrogens with one attached hydrogen (secondary N) is 2. The number of nitrogens with zero attached hydrogens (tertiary/aromatic N) is 1. The third-order valence-corrected chi connectivity index (χ3v) is 2.95. The van der Waals surface area contributed by atoms with E-state index in [1.54, 1.807) is 0 Å². The van der Waals surface area contributed by atoms with Gasteiger partial charge in [0, 0.05) is 19.6 Å². The molecule has 1 rings (SSSR count). The molecule has 1 unspecified atom stereocenters. The highest BCUT2D eigenvalue weighted by molar-refractivity contribution is 5.82. The molecule has 1 saturated heterocycles. The van der Waals surface area contributed by atoms with E-state index in [1.165, 1.54) is 0 Å². The van der Waals surface area contributed by atoms with Gasteiger partial charge < -0.3 is 25.6 Å². The Bertz CT molecular complexity index is 313. The van der Waals surface area contributed by atoms with Crippen LogP contribution in [0.15, 0.2) is 0 Å². The summed E-state index contributed by atoms with van der Waals surface area (Å²) in [6, 6.07) is -1.92. The maximum Gasteiger partial charge on any atom is 0.328 e. The number of carboxylic acid groups (broad SMARTS) is 1. The van der Waals surface area contributed by atoms with Crippen LogP contribution in [0.2, 0.25) is 0 Å². The van der Waals surface area contributed by atoms with Crippen LogP contribution >= 0.6 is 0 Å². The zero-order valence-electron chi connectivity index (χ0n) is 11.0. The molecular formula is C11H21N3O5. The Hall–Kier alpha value is -1.38. The lowest BCUT2D eigenvalue weighted by atomic mass is 10.2. The number of aliphatic hydroxyl groups is 1. The highest BCUT2D eigenvalue weighted by Crippen LogP contribution is 2.03. The first-order valence-electron chi connectivity index (χ1n) is 6.28. The van der Waals surface area contributed by atoms with Gasteiger partial charge in [0.2, 0.25) is 0 Å². The lowest BCUT2D eigenvalue weighted by Gasteiger charge is -2.32. The Labute approximate surface area is 111 Å². The van der Waals surface area contributed by atoms with Crippen molar-refractivity contribution in [2.75, 3.05) is 39.4 Å². The van der Waals surface area contributed by atoms with Crippen LogP contribution in [0.1, 0.15) is 6.92 Å². The van der Waals surface area contributed by atoms with Crippen molar-refractivity contribution in [3.63, 3.8) is 0 Å².